The van der Waals surface area contributed by atoms with Crippen molar-refractivity contribution in [3.8, 4) is 5.75 Å². The Balaban J connectivity index is 1.62. The lowest BCUT2D eigenvalue weighted by Crippen LogP contribution is -2.05. The maximum absolute atomic E-state index is 12.3. The SMILES string of the molecule is O=C1OC(c2ccccc2)=N/C1=C\c1cc(Cl)ccc1OCc1ccccc1. The summed E-state index contributed by atoms with van der Waals surface area (Å²) in [4.78, 5) is 16.6. The zero-order chi connectivity index (χ0) is 19.3. The minimum Gasteiger partial charge on any atom is -0.488 e. The number of cyclic esters (lactones) is 1. The molecule has 1 heterocycles. The van der Waals surface area contributed by atoms with Crippen molar-refractivity contribution >= 4 is 29.5 Å². The molecule has 0 bridgehead atoms. The van der Waals surface area contributed by atoms with Gasteiger partial charge in [-0.3, -0.25) is 0 Å². The largest absolute Gasteiger partial charge is 0.488 e. The third-order valence-electron chi connectivity index (χ3n) is 4.14. The summed E-state index contributed by atoms with van der Waals surface area (Å²) >= 11 is 6.14. The zero-order valence-corrected chi connectivity index (χ0v) is 15.6. The first kappa shape index (κ1) is 18.0. The third-order valence-corrected chi connectivity index (χ3v) is 4.38. The summed E-state index contributed by atoms with van der Waals surface area (Å²) in [6, 6.07) is 24.4. The van der Waals surface area contributed by atoms with E-state index in [1.807, 2.05) is 60.7 Å². The van der Waals surface area contributed by atoms with Crippen LogP contribution in [0.25, 0.3) is 6.08 Å². The van der Waals surface area contributed by atoms with Gasteiger partial charge < -0.3 is 9.47 Å². The van der Waals surface area contributed by atoms with Crippen LogP contribution in [0.4, 0.5) is 0 Å². The number of carbonyl (C=O) groups excluding carboxylic acids is 1. The quantitative estimate of drug-likeness (QED) is 0.441. The number of nitrogens with zero attached hydrogens (tertiary/aromatic N) is 1. The summed E-state index contributed by atoms with van der Waals surface area (Å²) in [6.45, 7) is 0.404. The van der Waals surface area contributed by atoms with E-state index in [4.69, 9.17) is 21.1 Å². The number of carbonyl (C=O) groups is 1. The predicted octanol–water partition coefficient (Wildman–Crippen LogP) is 5.26. The highest BCUT2D eigenvalue weighted by Crippen LogP contribution is 2.28. The smallest absolute Gasteiger partial charge is 0.363 e. The van der Waals surface area contributed by atoms with Crippen LogP contribution in [0.5, 0.6) is 5.75 Å². The van der Waals surface area contributed by atoms with E-state index in [1.165, 1.54) is 0 Å². The van der Waals surface area contributed by atoms with Crippen LogP contribution in [0.2, 0.25) is 5.02 Å². The van der Waals surface area contributed by atoms with E-state index in [-0.39, 0.29) is 11.6 Å². The normalized spacial score (nSPS) is 14.7. The van der Waals surface area contributed by atoms with Crippen molar-refractivity contribution in [2.45, 2.75) is 6.61 Å². The maximum atomic E-state index is 12.3. The Morgan fingerprint density at radius 3 is 2.43 bits per heavy atom. The molecule has 0 radical (unpaired) electrons. The molecule has 5 heteroatoms. The van der Waals surface area contributed by atoms with Crippen LogP contribution in [0.3, 0.4) is 0 Å². The van der Waals surface area contributed by atoms with Crippen LogP contribution in [0.1, 0.15) is 16.7 Å². The summed E-state index contributed by atoms with van der Waals surface area (Å²) in [5, 5.41) is 0.539. The van der Waals surface area contributed by atoms with Crippen molar-refractivity contribution in [1.29, 1.82) is 0 Å². The molecule has 0 aliphatic carbocycles. The Morgan fingerprint density at radius 1 is 0.964 bits per heavy atom. The molecule has 3 aromatic carbocycles. The molecule has 0 N–H and O–H groups in total. The highest BCUT2D eigenvalue weighted by molar-refractivity contribution is 6.30. The van der Waals surface area contributed by atoms with Crippen LogP contribution in [0, 0.1) is 0 Å². The molecule has 3 aromatic rings. The molecular formula is C23H16ClNO3. The molecule has 1 aliphatic rings. The first-order valence-corrected chi connectivity index (χ1v) is 9.11. The van der Waals surface area contributed by atoms with Crippen molar-refractivity contribution in [3.05, 3.63) is 106 Å². The van der Waals surface area contributed by atoms with Crippen molar-refractivity contribution in [3.63, 3.8) is 0 Å². The number of halogens is 1. The summed E-state index contributed by atoms with van der Waals surface area (Å²) in [5.41, 5.74) is 2.64. The molecule has 138 valence electrons. The first-order chi connectivity index (χ1) is 13.7. The molecule has 0 unspecified atom stereocenters. The van der Waals surface area contributed by atoms with Gasteiger partial charge in [0.25, 0.3) is 0 Å². The van der Waals surface area contributed by atoms with Gasteiger partial charge in [-0.2, -0.15) is 0 Å². The molecule has 1 aliphatic heterocycles. The Bertz CT molecular complexity index is 1060. The van der Waals surface area contributed by atoms with E-state index >= 15 is 0 Å². The number of ether oxygens (including phenoxy) is 2. The third kappa shape index (κ3) is 4.13. The molecule has 0 spiro atoms. The number of benzene rings is 3. The van der Waals surface area contributed by atoms with E-state index in [0.29, 0.717) is 22.9 Å². The van der Waals surface area contributed by atoms with E-state index in [0.717, 1.165) is 11.1 Å². The van der Waals surface area contributed by atoms with Gasteiger partial charge >= 0.3 is 5.97 Å². The second kappa shape index (κ2) is 8.11. The van der Waals surface area contributed by atoms with Crippen LogP contribution < -0.4 is 4.74 Å². The monoisotopic (exact) mass is 389 g/mol. The lowest BCUT2D eigenvalue weighted by atomic mass is 10.1. The molecule has 0 amide bonds. The second-order valence-electron chi connectivity index (χ2n) is 6.16. The highest BCUT2D eigenvalue weighted by Gasteiger charge is 2.24. The number of esters is 1. The van der Waals surface area contributed by atoms with Gasteiger partial charge in [-0.25, -0.2) is 9.79 Å². The van der Waals surface area contributed by atoms with Gasteiger partial charge in [-0.05, 0) is 42.0 Å². The van der Waals surface area contributed by atoms with Crippen LogP contribution in [-0.4, -0.2) is 11.9 Å². The molecule has 0 saturated carbocycles. The number of rotatable bonds is 5. The Morgan fingerprint density at radius 2 is 1.68 bits per heavy atom. The molecule has 0 atom stereocenters. The number of hydrogen-bond donors (Lipinski definition) is 0. The average molecular weight is 390 g/mol. The van der Waals surface area contributed by atoms with Crippen molar-refractivity contribution in [2.24, 2.45) is 4.99 Å². The second-order valence-corrected chi connectivity index (χ2v) is 6.59. The van der Waals surface area contributed by atoms with E-state index in [2.05, 4.69) is 4.99 Å². The van der Waals surface area contributed by atoms with E-state index < -0.39 is 5.97 Å². The standard InChI is InChI=1S/C23H16ClNO3/c24-19-11-12-21(27-15-16-7-3-1-4-8-16)18(13-19)14-20-23(26)28-22(25-20)17-9-5-2-6-10-17/h1-14H,15H2/b20-14-. The van der Waals surface area contributed by atoms with Crippen LogP contribution in [-0.2, 0) is 16.1 Å². The minimum absolute atomic E-state index is 0.200. The fraction of sp³-hybridized carbons (Fsp3) is 0.0435. The predicted molar refractivity (Wildman–Crippen MR) is 109 cm³/mol. The lowest BCUT2D eigenvalue weighted by molar-refractivity contribution is -0.129. The van der Waals surface area contributed by atoms with Crippen LogP contribution in [0.15, 0.2) is 89.6 Å². The topological polar surface area (TPSA) is 47.9 Å². The minimum atomic E-state index is -0.507. The summed E-state index contributed by atoms with van der Waals surface area (Å²) in [6.07, 6.45) is 1.63. The molecule has 28 heavy (non-hydrogen) atoms. The molecule has 4 nitrogen and oxygen atoms in total. The summed E-state index contributed by atoms with van der Waals surface area (Å²) in [7, 11) is 0. The summed E-state index contributed by atoms with van der Waals surface area (Å²) in [5.74, 6) is 0.385. The maximum Gasteiger partial charge on any atom is 0.363 e. The number of aliphatic imine (C=N–C) groups is 1. The Labute approximate surface area is 167 Å². The molecular weight excluding hydrogens is 374 g/mol. The summed E-state index contributed by atoms with van der Waals surface area (Å²) < 4.78 is 11.2. The fourth-order valence-electron chi connectivity index (χ4n) is 2.76. The fourth-order valence-corrected chi connectivity index (χ4v) is 2.94. The van der Waals surface area contributed by atoms with Gasteiger partial charge in [0.2, 0.25) is 5.90 Å². The molecule has 0 fully saturated rings. The zero-order valence-electron chi connectivity index (χ0n) is 14.8. The van der Waals surface area contributed by atoms with E-state index in [1.54, 1.807) is 24.3 Å². The van der Waals surface area contributed by atoms with Gasteiger partial charge in [0.05, 0.1) is 0 Å². The van der Waals surface area contributed by atoms with Crippen LogP contribution >= 0.6 is 11.6 Å². The van der Waals surface area contributed by atoms with E-state index in [9.17, 15) is 4.79 Å². The van der Waals surface area contributed by atoms with Crippen molar-refractivity contribution in [2.75, 3.05) is 0 Å². The van der Waals surface area contributed by atoms with Gasteiger partial charge in [0.15, 0.2) is 5.70 Å². The molecule has 0 aromatic heterocycles. The Hall–Kier alpha value is -3.37. The number of hydrogen-bond acceptors (Lipinski definition) is 4. The van der Waals surface area contributed by atoms with Gasteiger partial charge in [0.1, 0.15) is 12.4 Å². The van der Waals surface area contributed by atoms with Gasteiger partial charge in [-0.15, -0.1) is 0 Å². The van der Waals surface area contributed by atoms with Gasteiger partial charge in [0, 0.05) is 16.1 Å². The molecule has 0 saturated heterocycles. The van der Waals surface area contributed by atoms with Crippen molar-refractivity contribution in [1.82, 2.24) is 0 Å². The average Bonchev–Trinajstić information content (AvgIpc) is 3.09. The molecule has 4 rings (SSSR count). The highest BCUT2D eigenvalue weighted by atomic mass is 35.5. The van der Waals surface area contributed by atoms with Crippen molar-refractivity contribution < 1.29 is 14.3 Å². The van der Waals surface area contributed by atoms with Gasteiger partial charge in [-0.1, -0.05) is 60.1 Å². The lowest BCUT2D eigenvalue weighted by Gasteiger charge is -2.10. The first-order valence-electron chi connectivity index (χ1n) is 8.73. The Kier molecular flexibility index (Phi) is 5.22.